The zero-order valence-electron chi connectivity index (χ0n) is 12.2. The number of aryl methyl sites for hydroxylation is 2. The molecule has 0 aliphatic carbocycles. The number of para-hydroxylation sites is 1. The first-order chi connectivity index (χ1) is 8.56. The number of benzene rings is 1. The Morgan fingerprint density at radius 3 is 2.78 bits per heavy atom. The van der Waals surface area contributed by atoms with Crippen LogP contribution in [0.1, 0.15) is 38.3 Å². The van der Waals surface area contributed by atoms with Crippen molar-refractivity contribution < 1.29 is 0 Å². The van der Waals surface area contributed by atoms with Gasteiger partial charge in [0, 0.05) is 24.3 Å². The van der Waals surface area contributed by atoms with Gasteiger partial charge in [-0.15, -0.1) is 0 Å². The second-order valence-corrected chi connectivity index (χ2v) is 5.90. The van der Waals surface area contributed by atoms with Crippen LogP contribution in [0.4, 0.5) is 5.69 Å². The van der Waals surface area contributed by atoms with Gasteiger partial charge in [0.2, 0.25) is 0 Å². The van der Waals surface area contributed by atoms with E-state index in [2.05, 4.69) is 56.1 Å². The highest BCUT2D eigenvalue weighted by molar-refractivity contribution is 5.61. The normalized spacial score (nSPS) is 19.7. The first-order valence-electron chi connectivity index (χ1n) is 7.13. The molecule has 1 saturated heterocycles. The summed E-state index contributed by atoms with van der Waals surface area (Å²) in [7, 11) is 0. The smallest absolute Gasteiger partial charge is 0.0433 e. The molecule has 0 spiro atoms. The van der Waals surface area contributed by atoms with Crippen LogP contribution >= 0.6 is 0 Å². The second kappa shape index (κ2) is 5.31. The summed E-state index contributed by atoms with van der Waals surface area (Å²) in [5.74, 6) is 0. The van der Waals surface area contributed by atoms with Crippen molar-refractivity contribution in [1.29, 1.82) is 0 Å². The molecule has 0 saturated carbocycles. The van der Waals surface area contributed by atoms with Crippen molar-refractivity contribution in [2.75, 3.05) is 24.5 Å². The summed E-state index contributed by atoms with van der Waals surface area (Å²) >= 11 is 0. The third-order valence-electron chi connectivity index (χ3n) is 4.13. The first-order valence-corrected chi connectivity index (χ1v) is 7.13. The fourth-order valence-corrected chi connectivity index (χ4v) is 2.95. The lowest BCUT2D eigenvalue weighted by molar-refractivity contribution is 0.452. The third kappa shape index (κ3) is 2.54. The minimum Gasteiger partial charge on any atom is -0.365 e. The van der Waals surface area contributed by atoms with Crippen molar-refractivity contribution in [2.45, 2.75) is 46.1 Å². The second-order valence-electron chi connectivity index (χ2n) is 5.90. The van der Waals surface area contributed by atoms with Gasteiger partial charge in [-0.3, -0.25) is 0 Å². The van der Waals surface area contributed by atoms with Crippen LogP contribution in [-0.2, 0) is 6.42 Å². The molecule has 1 fully saturated rings. The molecular formula is C16H26N2. The SMILES string of the molecule is CCc1cccc(C)c1N1CCNCCC1(C)C. The van der Waals surface area contributed by atoms with Gasteiger partial charge in [-0.25, -0.2) is 0 Å². The van der Waals surface area contributed by atoms with Crippen molar-refractivity contribution in [2.24, 2.45) is 0 Å². The van der Waals surface area contributed by atoms with Crippen molar-refractivity contribution in [3.63, 3.8) is 0 Å². The highest BCUT2D eigenvalue weighted by Crippen LogP contribution is 2.33. The zero-order valence-corrected chi connectivity index (χ0v) is 12.2. The van der Waals surface area contributed by atoms with E-state index >= 15 is 0 Å². The zero-order chi connectivity index (χ0) is 13.2. The van der Waals surface area contributed by atoms with Crippen molar-refractivity contribution in [3.05, 3.63) is 29.3 Å². The molecule has 1 aliphatic rings. The van der Waals surface area contributed by atoms with Gasteiger partial charge in [0.25, 0.3) is 0 Å². The number of hydrogen-bond donors (Lipinski definition) is 1. The maximum atomic E-state index is 3.52. The molecule has 2 nitrogen and oxygen atoms in total. The van der Waals surface area contributed by atoms with E-state index in [4.69, 9.17) is 0 Å². The molecule has 1 aromatic carbocycles. The Balaban J connectivity index is 2.45. The topological polar surface area (TPSA) is 15.3 Å². The molecule has 1 aliphatic heterocycles. The summed E-state index contributed by atoms with van der Waals surface area (Å²) in [6.07, 6.45) is 2.31. The first kappa shape index (κ1) is 13.4. The Morgan fingerprint density at radius 2 is 2.06 bits per heavy atom. The predicted octanol–water partition coefficient (Wildman–Crippen LogP) is 3.14. The van der Waals surface area contributed by atoms with Crippen LogP contribution in [0.2, 0.25) is 0 Å². The summed E-state index contributed by atoms with van der Waals surface area (Å²) in [6, 6.07) is 6.69. The predicted molar refractivity (Wildman–Crippen MR) is 79.5 cm³/mol. The summed E-state index contributed by atoms with van der Waals surface area (Å²) in [5.41, 5.74) is 4.59. The van der Waals surface area contributed by atoms with Crippen LogP contribution in [0.15, 0.2) is 18.2 Å². The molecule has 0 amide bonds. The minimum atomic E-state index is 0.236. The number of hydrogen-bond acceptors (Lipinski definition) is 2. The van der Waals surface area contributed by atoms with Crippen LogP contribution in [-0.4, -0.2) is 25.2 Å². The van der Waals surface area contributed by atoms with E-state index in [1.54, 1.807) is 0 Å². The van der Waals surface area contributed by atoms with E-state index in [1.165, 1.54) is 23.2 Å². The van der Waals surface area contributed by atoms with Crippen molar-refractivity contribution in [1.82, 2.24) is 5.32 Å². The largest absolute Gasteiger partial charge is 0.365 e. The molecule has 1 aromatic rings. The Hall–Kier alpha value is -1.02. The number of anilines is 1. The minimum absolute atomic E-state index is 0.236. The van der Waals surface area contributed by atoms with Crippen LogP contribution in [0.5, 0.6) is 0 Å². The fourth-order valence-electron chi connectivity index (χ4n) is 2.95. The van der Waals surface area contributed by atoms with Crippen LogP contribution < -0.4 is 10.2 Å². The lowest BCUT2D eigenvalue weighted by Gasteiger charge is -2.41. The quantitative estimate of drug-likeness (QED) is 0.862. The summed E-state index contributed by atoms with van der Waals surface area (Å²) in [5, 5.41) is 3.52. The molecule has 2 heteroatoms. The maximum Gasteiger partial charge on any atom is 0.0433 e. The molecule has 2 rings (SSSR count). The van der Waals surface area contributed by atoms with Crippen molar-refractivity contribution in [3.8, 4) is 0 Å². The van der Waals surface area contributed by atoms with Gasteiger partial charge in [-0.1, -0.05) is 25.1 Å². The molecular weight excluding hydrogens is 220 g/mol. The van der Waals surface area contributed by atoms with Crippen LogP contribution in [0.25, 0.3) is 0 Å². The van der Waals surface area contributed by atoms with Crippen LogP contribution in [0, 0.1) is 6.92 Å². The van der Waals surface area contributed by atoms with Gasteiger partial charge < -0.3 is 10.2 Å². The lowest BCUT2D eigenvalue weighted by Crippen LogP contribution is -2.45. The molecule has 0 aromatic heterocycles. The number of nitrogens with zero attached hydrogens (tertiary/aromatic N) is 1. The van der Waals surface area contributed by atoms with E-state index in [9.17, 15) is 0 Å². The van der Waals surface area contributed by atoms with Gasteiger partial charge >= 0.3 is 0 Å². The van der Waals surface area contributed by atoms with Crippen molar-refractivity contribution >= 4 is 5.69 Å². The number of nitrogens with one attached hydrogen (secondary N) is 1. The molecule has 1 heterocycles. The standard InChI is InChI=1S/C16H26N2/c1-5-14-8-6-7-13(2)15(14)18-12-11-17-10-9-16(18,3)4/h6-8,17H,5,9-12H2,1-4H3. The Labute approximate surface area is 111 Å². The average Bonchev–Trinajstić information content (AvgIpc) is 2.50. The molecule has 0 bridgehead atoms. The Morgan fingerprint density at radius 1 is 1.28 bits per heavy atom. The highest BCUT2D eigenvalue weighted by Gasteiger charge is 2.30. The molecule has 0 unspecified atom stereocenters. The summed E-state index contributed by atoms with van der Waals surface area (Å²) in [6.45, 7) is 12.5. The van der Waals surface area contributed by atoms with Gasteiger partial charge in [0.05, 0.1) is 0 Å². The molecule has 100 valence electrons. The maximum absolute atomic E-state index is 3.52. The fraction of sp³-hybridized carbons (Fsp3) is 0.625. The lowest BCUT2D eigenvalue weighted by atomic mass is 9.94. The summed E-state index contributed by atoms with van der Waals surface area (Å²) < 4.78 is 0. The van der Waals surface area contributed by atoms with E-state index in [0.717, 1.165) is 26.1 Å². The number of rotatable bonds is 2. The molecule has 0 radical (unpaired) electrons. The Bertz CT molecular complexity index is 410. The van der Waals surface area contributed by atoms with Crippen LogP contribution in [0.3, 0.4) is 0 Å². The van der Waals surface area contributed by atoms with Gasteiger partial charge in [-0.05, 0) is 51.3 Å². The third-order valence-corrected chi connectivity index (χ3v) is 4.13. The van der Waals surface area contributed by atoms with E-state index < -0.39 is 0 Å². The van der Waals surface area contributed by atoms with E-state index in [1.807, 2.05) is 0 Å². The average molecular weight is 246 g/mol. The molecule has 18 heavy (non-hydrogen) atoms. The van der Waals surface area contributed by atoms with E-state index in [-0.39, 0.29) is 5.54 Å². The molecule has 0 atom stereocenters. The van der Waals surface area contributed by atoms with Gasteiger partial charge in [0.15, 0.2) is 0 Å². The van der Waals surface area contributed by atoms with E-state index in [0.29, 0.717) is 0 Å². The Kier molecular flexibility index (Phi) is 3.96. The van der Waals surface area contributed by atoms with Gasteiger partial charge in [-0.2, -0.15) is 0 Å². The van der Waals surface area contributed by atoms with Gasteiger partial charge in [0.1, 0.15) is 0 Å². The summed E-state index contributed by atoms with van der Waals surface area (Å²) in [4.78, 5) is 2.61. The molecule has 1 N–H and O–H groups in total. The highest BCUT2D eigenvalue weighted by atomic mass is 15.2. The monoisotopic (exact) mass is 246 g/mol.